The molecule has 1 saturated carbocycles. The van der Waals surface area contributed by atoms with Gasteiger partial charge in [0.15, 0.2) is 11.6 Å². The van der Waals surface area contributed by atoms with Gasteiger partial charge in [0.2, 0.25) is 11.3 Å². The Morgan fingerprint density at radius 1 is 0.949 bits per heavy atom. The number of hydrogen-bond donors (Lipinski definition) is 0. The number of fused-ring (bicyclic) bond motifs is 4. The average molecular weight is 564 g/mol. The van der Waals surface area contributed by atoms with Crippen LogP contribution in [0.5, 0.6) is 0 Å². The molecule has 1 heterocycles. The molecule has 204 valence electrons. The van der Waals surface area contributed by atoms with Crippen LogP contribution >= 0.6 is 11.6 Å². The third kappa shape index (κ3) is 2.83. The number of ketones is 2. The Balaban J connectivity index is 1.93. The third-order valence-corrected chi connectivity index (χ3v) is 7.67. The summed E-state index contributed by atoms with van der Waals surface area (Å²) in [6.45, 7) is 5.11. The number of carbonyl (C=O) groups excluding carboxylic acids is 5. The van der Waals surface area contributed by atoms with E-state index in [4.69, 9.17) is 21.1 Å². The van der Waals surface area contributed by atoms with E-state index in [2.05, 4.69) is 0 Å². The minimum absolute atomic E-state index is 0.163. The van der Waals surface area contributed by atoms with Crippen molar-refractivity contribution in [1.29, 1.82) is 0 Å². The van der Waals surface area contributed by atoms with Crippen LogP contribution in [-0.2, 0) is 24.5 Å². The molecule has 2 aromatic carbocycles. The number of alkyl halides is 3. The molecule has 39 heavy (non-hydrogen) atoms. The van der Waals surface area contributed by atoms with E-state index in [1.807, 2.05) is 0 Å². The fourth-order valence-corrected chi connectivity index (χ4v) is 6.50. The molecule has 2 atom stereocenters. The van der Waals surface area contributed by atoms with Crippen molar-refractivity contribution in [2.24, 2.45) is 10.8 Å². The van der Waals surface area contributed by atoms with Crippen molar-refractivity contribution in [3.8, 4) is 0 Å². The summed E-state index contributed by atoms with van der Waals surface area (Å²) >= 11 is 6.15. The van der Waals surface area contributed by atoms with Gasteiger partial charge in [0, 0.05) is 16.1 Å². The summed E-state index contributed by atoms with van der Waals surface area (Å²) in [6, 6.07) is 8.24. The first kappa shape index (κ1) is 26.9. The first-order valence-electron chi connectivity index (χ1n) is 11.9. The molecule has 0 bridgehead atoms. The summed E-state index contributed by atoms with van der Waals surface area (Å²) in [7, 11) is 0. The van der Waals surface area contributed by atoms with Gasteiger partial charge in [0.25, 0.3) is 0 Å². The maximum Gasteiger partial charge on any atom is 0.421 e. The lowest BCUT2D eigenvalue weighted by atomic mass is 9.83. The smallest absolute Gasteiger partial charge is 0.421 e. The van der Waals surface area contributed by atoms with Crippen LogP contribution in [-0.4, -0.2) is 47.9 Å². The second kappa shape index (κ2) is 7.91. The zero-order chi connectivity index (χ0) is 28.9. The van der Waals surface area contributed by atoms with Gasteiger partial charge in [-0.15, -0.1) is 0 Å². The Hall–Kier alpha value is -3.73. The number of carbonyl (C=O) groups is 5. The lowest BCUT2D eigenvalue weighted by molar-refractivity contribution is -0.215. The Morgan fingerprint density at radius 3 is 2.00 bits per heavy atom. The highest BCUT2D eigenvalue weighted by Crippen LogP contribution is 2.88. The Labute approximate surface area is 225 Å². The van der Waals surface area contributed by atoms with Crippen LogP contribution in [0.2, 0.25) is 5.02 Å². The van der Waals surface area contributed by atoms with E-state index in [0.29, 0.717) is 4.90 Å². The molecule has 1 aliphatic heterocycles. The Morgan fingerprint density at radius 2 is 1.51 bits per heavy atom. The van der Waals surface area contributed by atoms with Crippen molar-refractivity contribution < 1.29 is 46.6 Å². The lowest BCUT2D eigenvalue weighted by Crippen LogP contribution is -2.47. The molecule has 2 spiro atoms. The Bertz CT molecular complexity index is 1480. The number of nitrogens with zero attached hydrogens (tertiary/aromatic N) is 1. The average Bonchev–Trinajstić information content (AvgIpc) is 3.27. The molecule has 1 fully saturated rings. The zero-order valence-electron chi connectivity index (χ0n) is 21.1. The molecule has 3 aliphatic rings. The quantitative estimate of drug-likeness (QED) is 0.372. The van der Waals surface area contributed by atoms with Crippen LogP contribution in [0.1, 0.15) is 54.0 Å². The molecule has 2 aromatic rings. The third-order valence-electron chi connectivity index (χ3n) is 7.43. The second-order valence-electron chi connectivity index (χ2n) is 10.5. The number of ether oxygens (including phenoxy) is 2. The number of benzene rings is 2. The van der Waals surface area contributed by atoms with Crippen LogP contribution < -0.4 is 4.90 Å². The van der Waals surface area contributed by atoms with E-state index in [1.54, 1.807) is 0 Å². The van der Waals surface area contributed by atoms with Gasteiger partial charge in [-0.1, -0.05) is 35.9 Å². The highest BCUT2D eigenvalue weighted by molar-refractivity contribution is 6.43. The fourth-order valence-electron chi connectivity index (χ4n) is 6.33. The highest BCUT2D eigenvalue weighted by atomic mass is 35.5. The molecule has 12 heteroatoms. The van der Waals surface area contributed by atoms with Crippen molar-refractivity contribution in [2.45, 2.75) is 44.9 Å². The molecule has 0 radical (unpaired) electrons. The monoisotopic (exact) mass is 563 g/mol. The summed E-state index contributed by atoms with van der Waals surface area (Å²) in [5, 5.41) is -0.163. The fraction of sp³-hybridized carbons (Fsp3) is 0.370. The molecular formula is C27H21ClF3NO7. The maximum atomic E-state index is 15.5. The molecule has 0 aromatic heterocycles. The van der Waals surface area contributed by atoms with Gasteiger partial charge in [-0.25, -0.2) is 9.69 Å². The second-order valence-corrected chi connectivity index (χ2v) is 10.9. The Kier molecular flexibility index (Phi) is 5.44. The van der Waals surface area contributed by atoms with E-state index >= 15 is 13.2 Å². The normalized spacial score (nSPS) is 24.7. The molecule has 2 aliphatic carbocycles. The molecule has 0 N–H and O–H groups in total. The maximum absolute atomic E-state index is 15.5. The van der Waals surface area contributed by atoms with Gasteiger partial charge in [-0.3, -0.25) is 19.2 Å². The topological polar surface area (TPSA) is 107 Å². The summed E-state index contributed by atoms with van der Waals surface area (Å²) in [6.07, 6.45) is -7.03. The standard InChI is InChI=1S/C27H21ClF3NO7/c1-5-38-21(36)26(27(29,30)31)24(25(26)18(33)14-8-6-7-9-15(14)19(25)34)16-12-13(28)10-11-17(16)32(20(24)35)22(37)39-23(2,3)4/h6-12H,5H2,1-4H3/t24-,26-/m0/s1. The van der Waals surface area contributed by atoms with E-state index in [9.17, 15) is 24.0 Å². The van der Waals surface area contributed by atoms with Gasteiger partial charge in [-0.05, 0) is 51.5 Å². The van der Waals surface area contributed by atoms with Gasteiger partial charge in [-0.2, -0.15) is 13.2 Å². The highest BCUT2D eigenvalue weighted by Gasteiger charge is 3.09. The molecule has 0 unspecified atom stereocenters. The minimum Gasteiger partial charge on any atom is -0.465 e. The molecular weight excluding hydrogens is 543 g/mol. The van der Waals surface area contributed by atoms with Crippen molar-refractivity contribution in [1.82, 2.24) is 0 Å². The number of anilines is 1. The van der Waals surface area contributed by atoms with E-state index in [0.717, 1.165) is 24.3 Å². The summed E-state index contributed by atoms with van der Waals surface area (Å²) in [5.74, 6) is -6.36. The van der Waals surface area contributed by atoms with E-state index in [-0.39, 0.29) is 16.1 Å². The van der Waals surface area contributed by atoms with Crippen LogP contribution in [0, 0.1) is 10.8 Å². The first-order chi connectivity index (χ1) is 18.1. The van der Waals surface area contributed by atoms with Crippen LogP contribution in [0.4, 0.5) is 23.7 Å². The van der Waals surface area contributed by atoms with Gasteiger partial charge < -0.3 is 9.47 Å². The largest absolute Gasteiger partial charge is 0.465 e. The number of esters is 1. The van der Waals surface area contributed by atoms with Crippen LogP contribution in [0.3, 0.4) is 0 Å². The minimum atomic E-state index is -5.67. The van der Waals surface area contributed by atoms with Crippen LogP contribution in [0.15, 0.2) is 42.5 Å². The predicted molar refractivity (Wildman–Crippen MR) is 130 cm³/mol. The summed E-state index contributed by atoms with van der Waals surface area (Å²) < 4.78 is 56.6. The van der Waals surface area contributed by atoms with Crippen molar-refractivity contribution >= 4 is 46.8 Å². The van der Waals surface area contributed by atoms with Gasteiger partial charge in [0.05, 0.1) is 12.3 Å². The number of rotatable bonds is 2. The van der Waals surface area contributed by atoms with Crippen molar-refractivity contribution in [3.63, 3.8) is 0 Å². The number of Topliss-reactive ketones (excluding diaryl/α,β-unsaturated/α-hetero) is 2. The molecule has 5 rings (SSSR count). The SMILES string of the molecule is CCOC(=O)[C@@]1(C(F)(F)F)C2(C(=O)c3ccccc3C2=O)[C@]12C(=O)N(C(=O)OC(C)(C)C)c1ccc(Cl)cc12. The summed E-state index contributed by atoms with van der Waals surface area (Å²) in [4.78, 5) is 69.5. The van der Waals surface area contributed by atoms with Gasteiger partial charge >= 0.3 is 18.2 Å². The number of halogens is 4. The van der Waals surface area contributed by atoms with Crippen LogP contribution in [0.25, 0.3) is 0 Å². The molecule has 0 saturated heterocycles. The first-order valence-corrected chi connectivity index (χ1v) is 12.2. The summed E-state index contributed by atoms with van der Waals surface area (Å²) in [5.41, 5.74) is -13.5. The van der Waals surface area contributed by atoms with E-state index < -0.39 is 75.4 Å². The lowest BCUT2D eigenvalue weighted by Gasteiger charge is -2.25. The van der Waals surface area contributed by atoms with E-state index in [1.165, 1.54) is 45.9 Å². The molecule has 2 amide bonds. The zero-order valence-corrected chi connectivity index (χ0v) is 21.8. The number of hydrogen-bond acceptors (Lipinski definition) is 7. The number of imide groups is 1. The van der Waals surface area contributed by atoms with Gasteiger partial charge in [0.1, 0.15) is 16.4 Å². The molecule has 8 nitrogen and oxygen atoms in total. The predicted octanol–water partition coefficient (Wildman–Crippen LogP) is 5.05. The van der Waals surface area contributed by atoms with Crippen molar-refractivity contribution in [2.75, 3.05) is 11.5 Å². The number of amides is 2. The van der Waals surface area contributed by atoms with Crippen molar-refractivity contribution in [3.05, 3.63) is 64.2 Å².